The number of anilines is 1. The molecule has 3 rings (SSSR count). The Morgan fingerprint density at radius 1 is 1.38 bits per heavy atom. The zero-order valence-corrected chi connectivity index (χ0v) is 15.0. The first kappa shape index (κ1) is 18.1. The first-order valence-corrected chi connectivity index (χ1v) is 8.60. The van der Waals surface area contributed by atoms with Crippen LogP contribution in [0.1, 0.15) is 41.3 Å². The number of aryl methyl sites for hydroxylation is 1. The van der Waals surface area contributed by atoms with Crippen molar-refractivity contribution in [1.29, 1.82) is 0 Å². The van der Waals surface area contributed by atoms with Crippen LogP contribution in [0.15, 0.2) is 12.1 Å². The number of ether oxygens (including phenoxy) is 1. The van der Waals surface area contributed by atoms with Crippen molar-refractivity contribution in [1.82, 2.24) is 14.8 Å². The smallest absolute Gasteiger partial charge is 0.339 e. The second kappa shape index (κ2) is 7.69. The molecule has 0 amide bonds. The Labute approximate surface area is 154 Å². The summed E-state index contributed by atoms with van der Waals surface area (Å²) in [4.78, 5) is 22.5. The maximum Gasteiger partial charge on any atom is 0.339 e. The average Bonchev–Trinajstić information content (AvgIpc) is 2.85. The quantitative estimate of drug-likeness (QED) is 0.482. The minimum Gasteiger partial charge on any atom is -0.465 e. The van der Waals surface area contributed by atoms with E-state index in [0.29, 0.717) is 5.82 Å². The highest BCUT2D eigenvalue weighted by molar-refractivity contribution is 6.34. The third-order valence-electron chi connectivity index (χ3n) is 4.31. The number of nitro groups is 1. The summed E-state index contributed by atoms with van der Waals surface area (Å²) in [5.74, 6) is 0.921. The van der Waals surface area contributed by atoms with E-state index in [9.17, 15) is 14.9 Å². The lowest BCUT2D eigenvalue weighted by molar-refractivity contribution is -0.384. The van der Waals surface area contributed by atoms with Gasteiger partial charge in [-0.1, -0.05) is 18.0 Å². The molecule has 1 aromatic heterocycles. The van der Waals surface area contributed by atoms with Gasteiger partial charge in [-0.05, 0) is 18.9 Å². The number of nitrogens with one attached hydrogen (secondary N) is 1. The van der Waals surface area contributed by atoms with Crippen molar-refractivity contribution in [2.45, 2.75) is 38.8 Å². The largest absolute Gasteiger partial charge is 0.465 e. The van der Waals surface area contributed by atoms with Crippen LogP contribution >= 0.6 is 11.6 Å². The standard InChI is InChI=1S/C16H18ClN5O4/c1-26-16(23)10-7-13(22(24)25)12(8-11(10)17)18-9-15-20-19-14-5-3-2-4-6-21(14)15/h7-8,18H,2-6,9H2,1H3. The van der Waals surface area contributed by atoms with Gasteiger partial charge in [0.15, 0.2) is 5.82 Å². The minimum atomic E-state index is -0.729. The fourth-order valence-corrected chi connectivity index (χ4v) is 3.21. The van der Waals surface area contributed by atoms with Gasteiger partial charge in [-0.25, -0.2) is 4.79 Å². The molecule has 0 unspecified atom stereocenters. The van der Waals surface area contributed by atoms with E-state index >= 15 is 0 Å². The Bertz CT molecular complexity index is 851. The average molecular weight is 380 g/mol. The number of carbonyl (C=O) groups is 1. The molecule has 0 radical (unpaired) electrons. The van der Waals surface area contributed by atoms with Crippen molar-refractivity contribution in [3.05, 3.63) is 44.5 Å². The van der Waals surface area contributed by atoms with E-state index < -0.39 is 10.9 Å². The van der Waals surface area contributed by atoms with Gasteiger partial charge in [-0.2, -0.15) is 0 Å². The number of benzene rings is 1. The molecule has 2 heterocycles. The van der Waals surface area contributed by atoms with Gasteiger partial charge >= 0.3 is 5.97 Å². The maximum absolute atomic E-state index is 11.7. The number of fused-ring (bicyclic) bond motifs is 1. The summed E-state index contributed by atoms with van der Waals surface area (Å²) >= 11 is 6.08. The van der Waals surface area contributed by atoms with Gasteiger partial charge in [0.2, 0.25) is 0 Å². The summed E-state index contributed by atoms with van der Waals surface area (Å²) in [6.45, 7) is 1.10. The number of nitro benzene ring substituents is 1. The highest BCUT2D eigenvalue weighted by Gasteiger charge is 2.22. The normalized spacial score (nSPS) is 13.6. The first-order valence-electron chi connectivity index (χ1n) is 8.22. The predicted molar refractivity (Wildman–Crippen MR) is 94.3 cm³/mol. The number of hydrogen-bond acceptors (Lipinski definition) is 7. The lowest BCUT2D eigenvalue weighted by Gasteiger charge is -2.11. The molecule has 0 saturated heterocycles. The summed E-state index contributed by atoms with van der Waals surface area (Å²) in [5.41, 5.74) is -0.105. The number of nitrogens with zero attached hydrogens (tertiary/aromatic N) is 4. The highest BCUT2D eigenvalue weighted by Crippen LogP contribution is 2.32. The number of carbonyl (C=O) groups excluding carboxylic acids is 1. The Morgan fingerprint density at radius 2 is 2.19 bits per heavy atom. The number of methoxy groups -OCH3 is 1. The van der Waals surface area contributed by atoms with Gasteiger partial charge in [-0.15, -0.1) is 10.2 Å². The lowest BCUT2D eigenvalue weighted by atomic mass is 10.1. The van der Waals surface area contributed by atoms with Crippen LogP contribution in [0.5, 0.6) is 0 Å². The molecule has 0 spiro atoms. The van der Waals surface area contributed by atoms with E-state index in [-0.39, 0.29) is 28.5 Å². The SMILES string of the molecule is COC(=O)c1cc([N+](=O)[O-])c(NCc2nnc3n2CCCCC3)cc1Cl. The number of halogens is 1. The van der Waals surface area contributed by atoms with Crippen LogP contribution in [-0.4, -0.2) is 32.8 Å². The Kier molecular flexibility index (Phi) is 5.36. The molecule has 0 saturated carbocycles. The Balaban J connectivity index is 1.86. The second-order valence-corrected chi connectivity index (χ2v) is 6.35. The molecule has 9 nitrogen and oxygen atoms in total. The molecular formula is C16H18ClN5O4. The van der Waals surface area contributed by atoms with E-state index in [0.717, 1.165) is 44.1 Å². The van der Waals surface area contributed by atoms with Crippen LogP contribution in [0.4, 0.5) is 11.4 Å². The lowest BCUT2D eigenvalue weighted by Crippen LogP contribution is -2.12. The Morgan fingerprint density at radius 3 is 2.92 bits per heavy atom. The van der Waals surface area contributed by atoms with Gasteiger partial charge in [-0.3, -0.25) is 10.1 Å². The zero-order valence-electron chi connectivity index (χ0n) is 14.2. The molecule has 26 heavy (non-hydrogen) atoms. The summed E-state index contributed by atoms with van der Waals surface area (Å²) < 4.78 is 6.65. The van der Waals surface area contributed by atoms with Crippen molar-refractivity contribution in [3.8, 4) is 0 Å². The van der Waals surface area contributed by atoms with E-state index in [1.54, 1.807) is 0 Å². The summed E-state index contributed by atoms with van der Waals surface area (Å²) in [7, 11) is 1.19. The molecule has 10 heteroatoms. The molecule has 0 aliphatic carbocycles. The summed E-state index contributed by atoms with van der Waals surface area (Å²) in [6, 6.07) is 2.46. The first-order chi connectivity index (χ1) is 12.5. The number of hydrogen-bond donors (Lipinski definition) is 1. The summed E-state index contributed by atoms with van der Waals surface area (Å²) in [5, 5.41) is 22.8. The monoisotopic (exact) mass is 379 g/mol. The highest BCUT2D eigenvalue weighted by atomic mass is 35.5. The minimum absolute atomic E-state index is 0.0530. The molecule has 1 aromatic carbocycles. The van der Waals surface area contributed by atoms with E-state index in [4.69, 9.17) is 11.6 Å². The van der Waals surface area contributed by atoms with Crippen molar-refractivity contribution < 1.29 is 14.5 Å². The fourth-order valence-electron chi connectivity index (χ4n) is 2.97. The van der Waals surface area contributed by atoms with Gasteiger partial charge in [0, 0.05) is 19.0 Å². The third kappa shape index (κ3) is 3.62. The van der Waals surface area contributed by atoms with Crippen LogP contribution in [0.2, 0.25) is 5.02 Å². The van der Waals surface area contributed by atoms with Gasteiger partial charge in [0.25, 0.3) is 5.69 Å². The number of rotatable bonds is 5. The van der Waals surface area contributed by atoms with Gasteiger partial charge in [0.1, 0.15) is 11.5 Å². The number of aromatic nitrogens is 3. The van der Waals surface area contributed by atoms with E-state index in [2.05, 4.69) is 24.8 Å². The molecule has 0 fully saturated rings. The van der Waals surface area contributed by atoms with Crippen molar-refractivity contribution >= 4 is 28.9 Å². The molecule has 1 aliphatic rings. The molecule has 2 aromatic rings. The Hall–Kier alpha value is -2.68. The maximum atomic E-state index is 11.7. The van der Waals surface area contributed by atoms with Crippen molar-refractivity contribution in [2.24, 2.45) is 0 Å². The topological polar surface area (TPSA) is 112 Å². The van der Waals surface area contributed by atoms with Crippen LogP contribution in [0.25, 0.3) is 0 Å². The van der Waals surface area contributed by atoms with Crippen molar-refractivity contribution in [2.75, 3.05) is 12.4 Å². The van der Waals surface area contributed by atoms with E-state index in [1.807, 2.05) is 0 Å². The number of esters is 1. The molecule has 0 bridgehead atoms. The molecular weight excluding hydrogens is 362 g/mol. The zero-order chi connectivity index (χ0) is 18.7. The van der Waals surface area contributed by atoms with Crippen LogP contribution in [0.3, 0.4) is 0 Å². The van der Waals surface area contributed by atoms with Crippen LogP contribution in [0, 0.1) is 10.1 Å². The van der Waals surface area contributed by atoms with E-state index in [1.165, 1.54) is 13.2 Å². The van der Waals surface area contributed by atoms with Gasteiger partial charge in [0.05, 0.1) is 29.2 Å². The van der Waals surface area contributed by atoms with Crippen LogP contribution < -0.4 is 5.32 Å². The van der Waals surface area contributed by atoms with Crippen molar-refractivity contribution in [3.63, 3.8) is 0 Å². The second-order valence-electron chi connectivity index (χ2n) is 5.95. The van der Waals surface area contributed by atoms with Gasteiger partial charge < -0.3 is 14.6 Å². The fraction of sp³-hybridized carbons (Fsp3) is 0.438. The molecule has 1 aliphatic heterocycles. The predicted octanol–water partition coefficient (Wildman–Crippen LogP) is 2.96. The van der Waals surface area contributed by atoms with Crippen LogP contribution in [-0.2, 0) is 24.2 Å². The summed E-state index contributed by atoms with van der Waals surface area (Å²) in [6.07, 6.45) is 4.17. The molecule has 1 N–H and O–H groups in total. The molecule has 0 atom stereocenters. The molecule has 138 valence electrons. The third-order valence-corrected chi connectivity index (χ3v) is 4.62.